The molecule has 80 valence electrons. The van der Waals surface area contributed by atoms with Crippen molar-refractivity contribution in [3.63, 3.8) is 0 Å². The third kappa shape index (κ3) is 2.15. The number of aliphatic hydroxyl groups is 2. The molecule has 1 atom stereocenters. The zero-order valence-electron chi connectivity index (χ0n) is 7.98. The smallest absolute Gasteiger partial charge is 0.134 e. The first-order valence-electron chi connectivity index (χ1n) is 4.68. The van der Waals surface area contributed by atoms with Crippen molar-refractivity contribution in [2.75, 3.05) is 6.61 Å². The van der Waals surface area contributed by atoms with Gasteiger partial charge in [-0.3, -0.25) is 0 Å². The summed E-state index contributed by atoms with van der Waals surface area (Å²) in [5.74, 6) is 0.460. The van der Waals surface area contributed by atoms with Crippen molar-refractivity contribution >= 4 is 22.6 Å². The molecule has 0 aliphatic rings. The van der Waals surface area contributed by atoms with E-state index in [4.69, 9.17) is 21.1 Å². The monoisotopic (exact) mass is 226 g/mol. The number of hydrogen-bond acceptors (Lipinski definition) is 3. The summed E-state index contributed by atoms with van der Waals surface area (Å²) in [7, 11) is 0. The number of rotatable bonds is 3. The second-order valence-electron chi connectivity index (χ2n) is 3.36. The number of fused-ring (bicyclic) bond motifs is 1. The standard InChI is InChI=1S/C11H11ClO3/c12-8-1-2-10-7(5-8)6-11(15-10)9(14)3-4-13/h1-2,5-6,9,13-14H,3-4H2. The lowest BCUT2D eigenvalue weighted by Crippen LogP contribution is -1.97. The molecule has 0 saturated carbocycles. The van der Waals surface area contributed by atoms with E-state index in [0.717, 1.165) is 5.39 Å². The predicted molar refractivity (Wildman–Crippen MR) is 57.9 cm³/mol. The normalized spacial score (nSPS) is 13.3. The second kappa shape index (κ2) is 4.23. The Bertz CT molecular complexity index is 464. The Balaban J connectivity index is 2.38. The van der Waals surface area contributed by atoms with Gasteiger partial charge in [-0.1, -0.05) is 11.6 Å². The maximum absolute atomic E-state index is 9.60. The van der Waals surface area contributed by atoms with Crippen molar-refractivity contribution in [1.29, 1.82) is 0 Å². The lowest BCUT2D eigenvalue weighted by atomic mass is 10.2. The molecule has 0 amide bonds. The zero-order chi connectivity index (χ0) is 10.8. The second-order valence-corrected chi connectivity index (χ2v) is 3.80. The molecule has 0 bridgehead atoms. The number of hydrogen-bond donors (Lipinski definition) is 2. The largest absolute Gasteiger partial charge is 0.458 e. The minimum absolute atomic E-state index is 0.0705. The number of halogens is 1. The Hall–Kier alpha value is -1.03. The first kappa shape index (κ1) is 10.5. The molecule has 1 aromatic carbocycles. The van der Waals surface area contributed by atoms with E-state index in [0.29, 0.717) is 16.4 Å². The average molecular weight is 227 g/mol. The Labute approximate surface area is 91.9 Å². The van der Waals surface area contributed by atoms with E-state index in [-0.39, 0.29) is 13.0 Å². The van der Waals surface area contributed by atoms with Gasteiger partial charge in [0.15, 0.2) is 0 Å². The molecule has 0 radical (unpaired) electrons. The van der Waals surface area contributed by atoms with Crippen LogP contribution in [0.5, 0.6) is 0 Å². The van der Waals surface area contributed by atoms with Crippen molar-refractivity contribution in [3.05, 3.63) is 35.0 Å². The SMILES string of the molecule is OCCC(O)c1cc2cc(Cl)ccc2o1. The van der Waals surface area contributed by atoms with Gasteiger partial charge in [-0.25, -0.2) is 0 Å². The zero-order valence-corrected chi connectivity index (χ0v) is 8.74. The van der Waals surface area contributed by atoms with Gasteiger partial charge < -0.3 is 14.6 Å². The van der Waals surface area contributed by atoms with Crippen LogP contribution in [0.3, 0.4) is 0 Å². The molecule has 15 heavy (non-hydrogen) atoms. The molecule has 1 heterocycles. The highest BCUT2D eigenvalue weighted by Gasteiger charge is 2.12. The van der Waals surface area contributed by atoms with Gasteiger partial charge in [0.25, 0.3) is 0 Å². The topological polar surface area (TPSA) is 53.6 Å². The first-order chi connectivity index (χ1) is 7.20. The third-order valence-electron chi connectivity index (χ3n) is 2.23. The fraction of sp³-hybridized carbons (Fsp3) is 0.273. The van der Waals surface area contributed by atoms with Gasteiger partial charge in [0.2, 0.25) is 0 Å². The van der Waals surface area contributed by atoms with E-state index in [2.05, 4.69) is 0 Å². The molecule has 1 aromatic heterocycles. The van der Waals surface area contributed by atoms with Gasteiger partial charge in [-0.05, 0) is 24.3 Å². The molecule has 1 unspecified atom stereocenters. The van der Waals surface area contributed by atoms with Crippen molar-refractivity contribution in [3.8, 4) is 0 Å². The highest BCUT2D eigenvalue weighted by Crippen LogP contribution is 2.27. The van der Waals surface area contributed by atoms with Gasteiger partial charge in [0.05, 0.1) is 0 Å². The van der Waals surface area contributed by atoms with Crippen LogP contribution in [0.25, 0.3) is 11.0 Å². The highest BCUT2D eigenvalue weighted by molar-refractivity contribution is 6.31. The van der Waals surface area contributed by atoms with Crippen LogP contribution in [0, 0.1) is 0 Å². The molecule has 0 saturated heterocycles. The Kier molecular flexibility index (Phi) is 2.95. The van der Waals surface area contributed by atoms with Crippen LogP contribution in [0.1, 0.15) is 18.3 Å². The van der Waals surface area contributed by atoms with Gasteiger partial charge in [-0.2, -0.15) is 0 Å². The minimum Gasteiger partial charge on any atom is -0.458 e. The molecule has 0 fully saturated rings. The summed E-state index contributed by atoms with van der Waals surface area (Å²) in [5.41, 5.74) is 0.686. The molecule has 0 aliphatic carbocycles. The predicted octanol–water partition coefficient (Wildman–Crippen LogP) is 2.50. The molecular weight excluding hydrogens is 216 g/mol. The van der Waals surface area contributed by atoms with E-state index in [9.17, 15) is 5.11 Å². The van der Waals surface area contributed by atoms with Crippen molar-refractivity contribution in [2.45, 2.75) is 12.5 Å². The van der Waals surface area contributed by atoms with E-state index in [1.165, 1.54) is 0 Å². The summed E-state index contributed by atoms with van der Waals surface area (Å²) < 4.78 is 5.42. The Morgan fingerprint density at radius 1 is 1.33 bits per heavy atom. The minimum atomic E-state index is -0.763. The molecule has 0 spiro atoms. The Morgan fingerprint density at radius 3 is 2.87 bits per heavy atom. The van der Waals surface area contributed by atoms with E-state index in [1.807, 2.05) is 0 Å². The molecule has 3 nitrogen and oxygen atoms in total. The maximum Gasteiger partial charge on any atom is 0.134 e. The molecule has 2 aromatic rings. The van der Waals surface area contributed by atoms with Gasteiger partial charge >= 0.3 is 0 Å². The quantitative estimate of drug-likeness (QED) is 0.846. The third-order valence-corrected chi connectivity index (χ3v) is 2.46. The van der Waals surface area contributed by atoms with E-state index >= 15 is 0 Å². The fourth-order valence-electron chi connectivity index (χ4n) is 1.46. The number of furan rings is 1. The molecule has 4 heteroatoms. The summed E-state index contributed by atoms with van der Waals surface area (Å²) in [6.07, 6.45) is -0.491. The molecular formula is C11H11ClO3. The van der Waals surface area contributed by atoms with Crippen LogP contribution < -0.4 is 0 Å². The van der Waals surface area contributed by atoms with Crippen molar-refractivity contribution < 1.29 is 14.6 Å². The lowest BCUT2D eigenvalue weighted by molar-refractivity contribution is 0.115. The summed E-state index contributed by atoms with van der Waals surface area (Å²) in [4.78, 5) is 0. The fourth-order valence-corrected chi connectivity index (χ4v) is 1.64. The van der Waals surface area contributed by atoms with Gasteiger partial charge in [0.1, 0.15) is 17.4 Å². The van der Waals surface area contributed by atoms with E-state index < -0.39 is 6.10 Å². The van der Waals surface area contributed by atoms with Crippen LogP contribution in [-0.2, 0) is 0 Å². The van der Waals surface area contributed by atoms with Crippen LogP contribution in [0.4, 0.5) is 0 Å². The molecule has 2 N–H and O–H groups in total. The van der Waals surface area contributed by atoms with Crippen molar-refractivity contribution in [1.82, 2.24) is 0 Å². The van der Waals surface area contributed by atoms with Crippen LogP contribution in [0.2, 0.25) is 5.02 Å². The van der Waals surface area contributed by atoms with Crippen LogP contribution >= 0.6 is 11.6 Å². The molecule has 2 rings (SSSR count). The molecule has 0 aliphatic heterocycles. The summed E-state index contributed by atoms with van der Waals surface area (Å²) in [6.45, 7) is -0.0705. The van der Waals surface area contributed by atoms with E-state index in [1.54, 1.807) is 24.3 Å². The summed E-state index contributed by atoms with van der Waals surface area (Å²) in [5, 5.41) is 19.8. The number of benzene rings is 1. The highest BCUT2D eigenvalue weighted by atomic mass is 35.5. The van der Waals surface area contributed by atoms with Crippen LogP contribution in [-0.4, -0.2) is 16.8 Å². The summed E-state index contributed by atoms with van der Waals surface area (Å²) >= 11 is 5.82. The van der Waals surface area contributed by atoms with Gasteiger partial charge in [-0.15, -0.1) is 0 Å². The average Bonchev–Trinajstić information content (AvgIpc) is 2.60. The number of aliphatic hydroxyl groups excluding tert-OH is 2. The first-order valence-corrected chi connectivity index (χ1v) is 5.06. The van der Waals surface area contributed by atoms with Crippen molar-refractivity contribution in [2.24, 2.45) is 0 Å². The lowest BCUT2D eigenvalue weighted by Gasteiger charge is -2.03. The van der Waals surface area contributed by atoms with Gasteiger partial charge in [0, 0.05) is 23.4 Å². The summed E-state index contributed by atoms with van der Waals surface area (Å²) in [6, 6.07) is 7.00. The Morgan fingerprint density at radius 2 is 2.13 bits per heavy atom. The maximum atomic E-state index is 9.60. The van der Waals surface area contributed by atoms with Crippen LogP contribution in [0.15, 0.2) is 28.7 Å².